The molecule has 0 radical (unpaired) electrons. The van der Waals surface area contributed by atoms with E-state index in [1.165, 1.54) is 31.2 Å². The Hall–Kier alpha value is -1.75. The number of halogens is 1. The van der Waals surface area contributed by atoms with Gasteiger partial charge in [-0.05, 0) is 12.5 Å². The number of hydrogen-bond acceptors (Lipinski definition) is 4. The van der Waals surface area contributed by atoms with E-state index >= 15 is 0 Å². The first-order chi connectivity index (χ1) is 8.10. The smallest absolute Gasteiger partial charge is 0.348 e. The Morgan fingerprint density at radius 3 is 2.41 bits per heavy atom. The van der Waals surface area contributed by atoms with Gasteiger partial charge in [0.25, 0.3) is 6.17 Å². The minimum atomic E-state index is -2.30. The molecule has 0 bridgehead atoms. The highest BCUT2D eigenvalue weighted by Crippen LogP contribution is 2.10. The summed E-state index contributed by atoms with van der Waals surface area (Å²) in [4.78, 5) is 22.5. The molecule has 0 fully saturated rings. The zero-order valence-electron chi connectivity index (χ0n) is 9.35. The van der Waals surface area contributed by atoms with E-state index in [-0.39, 0.29) is 18.8 Å². The number of ether oxygens (including phenoxy) is 1. The van der Waals surface area contributed by atoms with Gasteiger partial charge in [0.1, 0.15) is 0 Å². The van der Waals surface area contributed by atoms with Crippen molar-refractivity contribution in [1.29, 1.82) is 0 Å². The third-order valence-corrected chi connectivity index (χ3v) is 2.14. The fourth-order valence-corrected chi connectivity index (χ4v) is 1.24. The fourth-order valence-electron chi connectivity index (χ4n) is 1.24. The van der Waals surface area contributed by atoms with Crippen LogP contribution in [0, 0.1) is 0 Å². The van der Waals surface area contributed by atoms with Gasteiger partial charge >= 0.3 is 5.97 Å². The molecule has 1 aromatic rings. The highest BCUT2D eigenvalue weighted by molar-refractivity contribution is 6.11. The van der Waals surface area contributed by atoms with Gasteiger partial charge in [0.2, 0.25) is 5.78 Å². The maximum absolute atomic E-state index is 13.4. The second-order valence-corrected chi connectivity index (χ2v) is 3.33. The standard InChI is InChI=1S/C12H13FO4/c1-2-17-12(16)10(13)11(15)9-5-3-8(7-14)4-6-9/h3-6,10,14H,2,7H2,1H3. The number of Topliss-reactive ketones (excluding diaryl/α,β-unsaturated/α-hetero) is 1. The first kappa shape index (κ1) is 13.3. The zero-order chi connectivity index (χ0) is 12.8. The topological polar surface area (TPSA) is 63.6 Å². The number of aliphatic hydroxyl groups excluding tert-OH is 1. The van der Waals surface area contributed by atoms with Crippen LogP contribution in [-0.2, 0) is 16.1 Å². The molecule has 1 aromatic carbocycles. The summed E-state index contributed by atoms with van der Waals surface area (Å²) in [6, 6.07) is 5.70. The van der Waals surface area contributed by atoms with Crippen molar-refractivity contribution in [2.75, 3.05) is 6.61 Å². The summed E-state index contributed by atoms with van der Waals surface area (Å²) in [5, 5.41) is 8.80. The number of hydrogen-bond donors (Lipinski definition) is 1. The molecule has 0 heterocycles. The number of carbonyl (C=O) groups is 2. The van der Waals surface area contributed by atoms with Gasteiger partial charge in [0.05, 0.1) is 13.2 Å². The van der Waals surface area contributed by atoms with E-state index in [1.807, 2.05) is 0 Å². The van der Waals surface area contributed by atoms with Gasteiger partial charge in [-0.3, -0.25) is 4.79 Å². The predicted octanol–water partition coefficient (Wildman–Crippen LogP) is 1.26. The lowest BCUT2D eigenvalue weighted by Crippen LogP contribution is -2.27. The van der Waals surface area contributed by atoms with Gasteiger partial charge in [-0.25, -0.2) is 9.18 Å². The Balaban J connectivity index is 2.77. The van der Waals surface area contributed by atoms with Crippen LogP contribution in [0.5, 0.6) is 0 Å². The van der Waals surface area contributed by atoms with Crippen molar-refractivity contribution in [1.82, 2.24) is 0 Å². The molecule has 0 aromatic heterocycles. The fraction of sp³-hybridized carbons (Fsp3) is 0.333. The van der Waals surface area contributed by atoms with E-state index < -0.39 is 17.9 Å². The zero-order valence-corrected chi connectivity index (χ0v) is 9.35. The Morgan fingerprint density at radius 2 is 1.94 bits per heavy atom. The molecule has 1 N–H and O–H groups in total. The summed E-state index contributed by atoms with van der Waals surface area (Å²) in [6.45, 7) is 1.40. The molecule has 0 amide bonds. The monoisotopic (exact) mass is 240 g/mol. The Bertz CT molecular complexity index is 399. The van der Waals surface area contributed by atoms with Crippen LogP contribution in [0.1, 0.15) is 22.8 Å². The molecule has 0 aliphatic carbocycles. The Labute approximate surface area is 98.0 Å². The highest BCUT2D eigenvalue weighted by Gasteiger charge is 2.28. The van der Waals surface area contributed by atoms with Crippen molar-refractivity contribution in [2.24, 2.45) is 0 Å². The summed E-state index contributed by atoms with van der Waals surface area (Å²) in [5.74, 6) is -2.11. The molecular weight excluding hydrogens is 227 g/mol. The molecule has 4 nitrogen and oxygen atoms in total. The normalized spacial score (nSPS) is 11.9. The Morgan fingerprint density at radius 1 is 1.35 bits per heavy atom. The van der Waals surface area contributed by atoms with Crippen molar-refractivity contribution in [3.63, 3.8) is 0 Å². The van der Waals surface area contributed by atoms with Crippen molar-refractivity contribution in [3.8, 4) is 0 Å². The second kappa shape index (κ2) is 6.10. The molecule has 5 heteroatoms. The lowest BCUT2D eigenvalue weighted by Gasteiger charge is -2.07. The van der Waals surface area contributed by atoms with Gasteiger partial charge < -0.3 is 9.84 Å². The van der Waals surface area contributed by atoms with Crippen LogP contribution < -0.4 is 0 Å². The van der Waals surface area contributed by atoms with Crippen LogP contribution in [0.2, 0.25) is 0 Å². The maximum atomic E-state index is 13.4. The first-order valence-corrected chi connectivity index (χ1v) is 5.14. The Kier molecular flexibility index (Phi) is 4.78. The largest absolute Gasteiger partial charge is 0.463 e. The van der Waals surface area contributed by atoms with Crippen molar-refractivity contribution < 1.29 is 23.8 Å². The lowest BCUT2D eigenvalue weighted by molar-refractivity contribution is -0.147. The molecule has 0 spiro atoms. The van der Waals surface area contributed by atoms with Gasteiger partial charge in [0, 0.05) is 5.56 Å². The molecule has 0 saturated heterocycles. The molecule has 17 heavy (non-hydrogen) atoms. The van der Waals surface area contributed by atoms with E-state index in [9.17, 15) is 14.0 Å². The quantitative estimate of drug-likeness (QED) is 0.478. The minimum absolute atomic E-state index is 0.0238. The lowest BCUT2D eigenvalue weighted by atomic mass is 10.1. The summed E-state index contributed by atoms with van der Waals surface area (Å²) < 4.78 is 17.8. The van der Waals surface area contributed by atoms with Gasteiger partial charge in [-0.2, -0.15) is 0 Å². The number of rotatable bonds is 5. The van der Waals surface area contributed by atoms with Crippen LogP contribution in [0.4, 0.5) is 4.39 Å². The van der Waals surface area contributed by atoms with E-state index in [1.54, 1.807) is 0 Å². The number of aliphatic hydroxyl groups is 1. The third-order valence-electron chi connectivity index (χ3n) is 2.14. The average Bonchev–Trinajstić information content (AvgIpc) is 2.37. The van der Waals surface area contributed by atoms with Gasteiger partial charge in [-0.15, -0.1) is 0 Å². The summed E-state index contributed by atoms with van der Waals surface area (Å²) in [5.41, 5.74) is 0.677. The first-order valence-electron chi connectivity index (χ1n) is 5.14. The van der Waals surface area contributed by atoms with Crippen LogP contribution in [-0.4, -0.2) is 29.6 Å². The molecule has 0 saturated carbocycles. The van der Waals surface area contributed by atoms with E-state index in [0.29, 0.717) is 5.56 Å². The van der Waals surface area contributed by atoms with Gasteiger partial charge in [0.15, 0.2) is 0 Å². The summed E-state index contributed by atoms with van der Waals surface area (Å²) in [6.07, 6.45) is -2.30. The number of carbonyl (C=O) groups excluding carboxylic acids is 2. The van der Waals surface area contributed by atoms with Gasteiger partial charge in [-0.1, -0.05) is 24.3 Å². The molecule has 1 atom stereocenters. The van der Waals surface area contributed by atoms with Crippen LogP contribution in [0.15, 0.2) is 24.3 Å². The summed E-state index contributed by atoms with van der Waals surface area (Å²) >= 11 is 0. The molecule has 1 rings (SSSR count). The molecule has 1 unspecified atom stereocenters. The third kappa shape index (κ3) is 3.35. The summed E-state index contributed by atoms with van der Waals surface area (Å²) in [7, 11) is 0. The van der Waals surface area contributed by atoms with E-state index in [0.717, 1.165) is 0 Å². The van der Waals surface area contributed by atoms with Crippen molar-refractivity contribution in [2.45, 2.75) is 19.7 Å². The van der Waals surface area contributed by atoms with Crippen LogP contribution >= 0.6 is 0 Å². The molecule has 0 aliphatic rings. The van der Waals surface area contributed by atoms with Crippen molar-refractivity contribution >= 4 is 11.8 Å². The number of benzene rings is 1. The number of ketones is 1. The number of esters is 1. The van der Waals surface area contributed by atoms with Crippen molar-refractivity contribution in [3.05, 3.63) is 35.4 Å². The second-order valence-electron chi connectivity index (χ2n) is 3.33. The van der Waals surface area contributed by atoms with Crippen LogP contribution in [0.3, 0.4) is 0 Å². The highest BCUT2D eigenvalue weighted by atomic mass is 19.1. The molecule has 92 valence electrons. The predicted molar refractivity (Wildman–Crippen MR) is 58.2 cm³/mol. The molecule has 0 aliphatic heterocycles. The maximum Gasteiger partial charge on any atom is 0.348 e. The van der Waals surface area contributed by atoms with Crippen LogP contribution in [0.25, 0.3) is 0 Å². The van der Waals surface area contributed by atoms with E-state index in [2.05, 4.69) is 4.74 Å². The average molecular weight is 240 g/mol. The minimum Gasteiger partial charge on any atom is -0.463 e. The molecular formula is C12H13FO4. The number of alkyl halides is 1. The van der Waals surface area contributed by atoms with E-state index in [4.69, 9.17) is 5.11 Å². The SMILES string of the molecule is CCOC(=O)C(F)C(=O)c1ccc(CO)cc1.